The molecule has 0 spiro atoms. The van der Waals surface area contributed by atoms with Crippen LogP contribution in [0.5, 0.6) is 0 Å². The first-order valence-corrected chi connectivity index (χ1v) is 6.84. The summed E-state index contributed by atoms with van der Waals surface area (Å²) in [5, 5.41) is 6.66. The van der Waals surface area contributed by atoms with E-state index in [4.69, 9.17) is 4.74 Å². The molecule has 0 bridgehead atoms. The number of aryl methyl sites for hydroxylation is 1. The molecule has 1 saturated heterocycles. The van der Waals surface area contributed by atoms with Crippen LogP contribution in [0.2, 0.25) is 0 Å². The second-order valence-corrected chi connectivity index (χ2v) is 4.67. The number of nitrogens with one attached hydrogen (secondary N) is 2. The van der Waals surface area contributed by atoms with Crippen molar-refractivity contribution < 1.29 is 4.74 Å². The predicted molar refractivity (Wildman–Crippen MR) is 76.8 cm³/mol. The Morgan fingerprint density at radius 3 is 3.11 bits per heavy atom. The fourth-order valence-electron chi connectivity index (χ4n) is 2.16. The minimum absolute atomic E-state index is 0.673. The van der Waals surface area contributed by atoms with E-state index >= 15 is 0 Å². The van der Waals surface area contributed by atoms with Crippen molar-refractivity contribution in [3.8, 4) is 0 Å². The van der Waals surface area contributed by atoms with Gasteiger partial charge in [-0.05, 0) is 19.9 Å². The van der Waals surface area contributed by atoms with Crippen molar-refractivity contribution in [1.29, 1.82) is 0 Å². The molecule has 0 saturated carbocycles. The summed E-state index contributed by atoms with van der Waals surface area (Å²) in [7, 11) is 1.70. The summed E-state index contributed by atoms with van der Waals surface area (Å²) >= 11 is 0. The van der Waals surface area contributed by atoms with Crippen molar-refractivity contribution in [2.75, 3.05) is 56.7 Å². The van der Waals surface area contributed by atoms with E-state index < -0.39 is 0 Å². The zero-order valence-corrected chi connectivity index (χ0v) is 11.8. The molecule has 1 aliphatic heterocycles. The first-order chi connectivity index (χ1) is 9.29. The Bertz CT molecular complexity index is 391. The average molecular weight is 265 g/mol. The standard InChI is InChI=1S/C13H23N5O/c1-11-16-12(15-6-9-19-2)10-13(17-11)18-7-3-4-14-5-8-18/h10,14H,3-9H2,1-2H3,(H,15,16,17). The molecule has 0 amide bonds. The Kier molecular flexibility index (Phi) is 5.35. The molecule has 19 heavy (non-hydrogen) atoms. The molecular weight excluding hydrogens is 242 g/mol. The maximum absolute atomic E-state index is 5.03. The fourth-order valence-corrected chi connectivity index (χ4v) is 2.16. The number of aromatic nitrogens is 2. The molecule has 1 fully saturated rings. The molecule has 0 aliphatic carbocycles. The van der Waals surface area contributed by atoms with Crippen LogP contribution in [-0.4, -0.2) is 56.4 Å². The Labute approximate surface area is 114 Å². The van der Waals surface area contributed by atoms with Crippen molar-refractivity contribution in [3.05, 3.63) is 11.9 Å². The van der Waals surface area contributed by atoms with Crippen molar-refractivity contribution in [2.24, 2.45) is 0 Å². The maximum Gasteiger partial charge on any atom is 0.134 e. The second kappa shape index (κ2) is 7.25. The van der Waals surface area contributed by atoms with Gasteiger partial charge in [-0.2, -0.15) is 0 Å². The molecule has 1 aliphatic rings. The minimum atomic E-state index is 0.673. The largest absolute Gasteiger partial charge is 0.383 e. The Balaban J connectivity index is 2.06. The number of anilines is 2. The molecule has 2 heterocycles. The van der Waals surface area contributed by atoms with E-state index in [0.29, 0.717) is 6.61 Å². The summed E-state index contributed by atoms with van der Waals surface area (Å²) in [5.41, 5.74) is 0. The van der Waals surface area contributed by atoms with Crippen LogP contribution in [0.25, 0.3) is 0 Å². The SMILES string of the molecule is COCCNc1cc(N2CCCNCC2)nc(C)n1. The highest BCUT2D eigenvalue weighted by Crippen LogP contribution is 2.16. The van der Waals surface area contributed by atoms with E-state index in [-0.39, 0.29) is 0 Å². The van der Waals surface area contributed by atoms with Gasteiger partial charge >= 0.3 is 0 Å². The van der Waals surface area contributed by atoms with Gasteiger partial charge in [-0.25, -0.2) is 9.97 Å². The van der Waals surface area contributed by atoms with Crippen LogP contribution in [0.3, 0.4) is 0 Å². The number of hydrogen-bond acceptors (Lipinski definition) is 6. The molecule has 6 heteroatoms. The molecule has 0 aromatic carbocycles. The average Bonchev–Trinajstić information content (AvgIpc) is 2.67. The van der Waals surface area contributed by atoms with Crippen LogP contribution < -0.4 is 15.5 Å². The third-order valence-electron chi connectivity index (χ3n) is 3.10. The summed E-state index contributed by atoms with van der Waals surface area (Å²) in [5.74, 6) is 2.68. The molecule has 2 N–H and O–H groups in total. The predicted octanol–water partition coefficient (Wildman–Crippen LogP) is 0.643. The lowest BCUT2D eigenvalue weighted by molar-refractivity contribution is 0.210. The van der Waals surface area contributed by atoms with Gasteiger partial charge in [0.2, 0.25) is 0 Å². The molecule has 0 unspecified atom stereocenters. The highest BCUT2D eigenvalue weighted by molar-refractivity contribution is 5.49. The van der Waals surface area contributed by atoms with E-state index in [1.54, 1.807) is 7.11 Å². The first kappa shape index (κ1) is 14.0. The highest BCUT2D eigenvalue weighted by atomic mass is 16.5. The van der Waals surface area contributed by atoms with Gasteiger partial charge in [0, 0.05) is 39.4 Å². The second-order valence-electron chi connectivity index (χ2n) is 4.67. The summed E-state index contributed by atoms with van der Waals surface area (Å²) in [4.78, 5) is 11.3. The summed E-state index contributed by atoms with van der Waals surface area (Å²) < 4.78 is 5.03. The van der Waals surface area contributed by atoms with Crippen LogP contribution in [0.1, 0.15) is 12.2 Å². The quantitative estimate of drug-likeness (QED) is 0.762. The third kappa shape index (κ3) is 4.33. The van der Waals surface area contributed by atoms with E-state index in [1.807, 2.05) is 13.0 Å². The normalized spacial score (nSPS) is 16.2. The molecule has 0 radical (unpaired) electrons. The topological polar surface area (TPSA) is 62.3 Å². The zero-order valence-electron chi connectivity index (χ0n) is 11.8. The highest BCUT2D eigenvalue weighted by Gasteiger charge is 2.12. The summed E-state index contributed by atoms with van der Waals surface area (Å²) in [6.45, 7) is 7.49. The molecule has 106 valence electrons. The number of hydrogen-bond donors (Lipinski definition) is 2. The van der Waals surface area contributed by atoms with Gasteiger partial charge in [-0.15, -0.1) is 0 Å². The Morgan fingerprint density at radius 1 is 1.37 bits per heavy atom. The number of ether oxygens (including phenoxy) is 1. The first-order valence-electron chi connectivity index (χ1n) is 6.84. The van der Waals surface area contributed by atoms with Gasteiger partial charge in [-0.1, -0.05) is 0 Å². The van der Waals surface area contributed by atoms with E-state index in [9.17, 15) is 0 Å². The molecule has 1 aromatic rings. The van der Waals surface area contributed by atoms with Gasteiger partial charge < -0.3 is 20.3 Å². The molecule has 2 rings (SSSR count). The Hall–Kier alpha value is -1.40. The van der Waals surface area contributed by atoms with Crippen LogP contribution in [0.15, 0.2) is 6.07 Å². The number of rotatable bonds is 5. The van der Waals surface area contributed by atoms with Gasteiger partial charge in [0.15, 0.2) is 0 Å². The number of nitrogens with zero attached hydrogens (tertiary/aromatic N) is 3. The van der Waals surface area contributed by atoms with Crippen LogP contribution in [0, 0.1) is 6.92 Å². The lowest BCUT2D eigenvalue weighted by Gasteiger charge is -2.22. The van der Waals surface area contributed by atoms with E-state index in [0.717, 1.165) is 56.6 Å². The Morgan fingerprint density at radius 2 is 2.26 bits per heavy atom. The summed E-state index contributed by atoms with van der Waals surface area (Å²) in [6, 6.07) is 2.02. The smallest absolute Gasteiger partial charge is 0.134 e. The zero-order chi connectivity index (χ0) is 13.5. The maximum atomic E-state index is 5.03. The third-order valence-corrected chi connectivity index (χ3v) is 3.10. The lowest BCUT2D eigenvalue weighted by Crippen LogP contribution is -2.29. The van der Waals surface area contributed by atoms with Crippen LogP contribution in [-0.2, 0) is 4.74 Å². The molecule has 1 aromatic heterocycles. The van der Waals surface area contributed by atoms with Crippen molar-refractivity contribution in [3.63, 3.8) is 0 Å². The van der Waals surface area contributed by atoms with Crippen molar-refractivity contribution >= 4 is 11.6 Å². The monoisotopic (exact) mass is 265 g/mol. The number of methoxy groups -OCH3 is 1. The summed E-state index contributed by atoms with van der Waals surface area (Å²) in [6.07, 6.45) is 1.15. The fraction of sp³-hybridized carbons (Fsp3) is 0.692. The van der Waals surface area contributed by atoms with Crippen molar-refractivity contribution in [2.45, 2.75) is 13.3 Å². The van der Waals surface area contributed by atoms with Crippen LogP contribution >= 0.6 is 0 Å². The van der Waals surface area contributed by atoms with Gasteiger partial charge in [0.1, 0.15) is 17.5 Å². The van der Waals surface area contributed by atoms with Crippen molar-refractivity contribution in [1.82, 2.24) is 15.3 Å². The minimum Gasteiger partial charge on any atom is -0.383 e. The lowest BCUT2D eigenvalue weighted by atomic mass is 10.3. The van der Waals surface area contributed by atoms with Crippen LogP contribution in [0.4, 0.5) is 11.6 Å². The van der Waals surface area contributed by atoms with E-state index in [2.05, 4.69) is 25.5 Å². The van der Waals surface area contributed by atoms with Gasteiger partial charge in [0.25, 0.3) is 0 Å². The molecule has 0 atom stereocenters. The molecule has 6 nitrogen and oxygen atoms in total. The van der Waals surface area contributed by atoms with E-state index in [1.165, 1.54) is 0 Å². The van der Waals surface area contributed by atoms with Gasteiger partial charge in [0.05, 0.1) is 6.61 Å². The van der Waals surface area contributed by atoms with Gasteiger partial charge in [-0.3, -0.25) is 0 Å². The molecular formula is C13H23N5O.